The molecule has 1 aromatic carbocycles. The molecule has 10 nitrogen and oxygen atoms in total. The molecule has 0 aliphatic heterocycles. The molecular weight excluding hydrogens is 626 g/mol. The van der Waals surface area contributed by atoms with Crippen LogP contribution in [0, 0.1) is 0 Å². The Morgan fingerprint density at radius 1 is 0.469 bits per heavy atom. The summed E-state index contributed by atoms with van der Waals surface area (Å²) in [5, 5.41) is 3.32. The Hall–Kier alpha value is -2.24. The van der Waals surface area contributed by atoms with E-state index in [0.29, 0.717) is 78.1 Å². The third-order valence-electron chi connectivity index (χ3n) is 7.90. The molecule has 0 radical (unpaired) electrons. The van der Waals surface area contributed by atoms with Crippen LogP contribution < -0.4 is 5.32 Å². The highest BCUT2D eigenvalue weighted by Crippen LogP contribution is 2.13. The molecule has 0 aromatic heterocycles. The van der Waals surface area contributed by atoms with Crippen molar-refractivity contribution in [3.8, 4) is 0 Å². The van der Waals surface area contributed by atoms with Crippen LogP contribution in [0.2, 0.25) is 0 Å². The van der Waals surface area contributed by atoms with Crippen molar-refractivity contribution in [3.05, 3.63) is 29.8 Å². The number of esters is 2. The monoisotopic (exact) mass is 695 g/mol. The van der Waals surface area contributed by atoms with Crippen molar-refractivity contribution in [3.63, 3.8) is 0 Å². The molecule has 284 valence electrons. The van der Waals surface area contributed by atoms with Crippen LogP contribution in [0.25, 0.3) is 0 Å². The van der Waals surface area contributed by atoms with Gasteiger partial charge in [-0.15, -0.1) is 0 Å². The fourth-order valence-electron chi connectivity index (χ4n) is 4.97. The highest BCUT2D eigenvalue weighted by atomic mass is 16.6. The summed E-state index contributed by atoms with van der Waals surface area (Å²) in [5.74, 6) is -0.496. The van der Waals surface area contributed by atoms with Crippen LogP contribution in [-0.4, -0.2) is 97.8 Å². The number of hydrogen-bond donors (Lipinski definition) is 1. The quantitative estimate of drug-likeness (QED) is 0.0541. The lowest BCUT2D eigenvalue weighted by molar-refractivity contribution is -0.145. The molecular formula is C39H69NO9. The molecule has 10 heteroatoms. The Morgan fingerprint density at radius 2 is 0.857 bits per heavy atom. The van der Waals surface area contributed by atoms with Crippen LogP contribution in [0.3, 0.4) is 0 Å². The van der Waals surface area contributed by atoms with E-state index in [4.69, 9.17) is 33.2 Å². The number of benzene rings is 1. The third-order valence-corrected chi connectivity index (χ3v) is 7.90. The Labute approximate surface area is 297 Å². The zero-order valence-corrected chi connectivity index (χ0v) is 31.0. The second-order valence-corrected chi connectivity index (χ2v) is 12.3. The van der Waals surface area contributed by atoms with Gasteiger partial charge in [0.1, 0.15) is 13.2 Å². The van der Waals surface area contributed by atoms with Crippen molar-refractivity contribution >= 4 is 17.6 Å². The highest BCUT2D eigenvalue weighted by molar-refractivity contribution is 5.89. The van der Waals surface area contributed by atoms with E-state index in [1.165, 1.54) is 70.6 Å². The topological polar surface area (TPSA) is 111 Å². The molecule has 0 unspecified atom stereocenters. The number of ether oxygens (including phenoxy) is 7. The normalized spacial score (nSPS) is 11.1. The first-order valence-corrected chi connectivity index (χ1v) is 19.2. The van der Waals surface area contributed by atoms with E-state index in [0.717, 1.165) is 37.9 Å². The molecule has 0 saturated heterocycles. The minimum atomic E-state index is -0.360. The summed E-state index contributed by atoms with van der Waals surface area (Å²) < 4.78 is 37.9. The molecule has 1 rings (SSSR count). The van der Waals surface area contributed by atoms with Gasteiger partial charge >= 0.3 is 11.9 Å². The summed E-state index contributed by atoms with van der Waals surface area (Å²) >= 11 is 0. The van der Waals surface area contributed by atoms with Crippen molar-refractivity contribution < 1.29 is 42.7 Å². The van der Waals surface area contributed by atoms with Gasteiger partial charge in [0.05, 0.1) is 71.6 Å². The fourth-order valence-corrected chi connectivity index (χ4v) is 4.97. The predicted octanol–water partition coefficient (Wildman–Crippen LogP) is 8.16. The fraction of sp³-hybridized carbons (Fsp3) is 0.795. The van der Waals surface area contributed by atoms with E-state index in [1.54, 1.807) is 12.1 Å². The Balaban J connectivity index is 1.74. The number of unbranched alkanes of at least 4 members (excludes halogenated alkanes) is 13. The molecule has 0 aliphatic carbocycles. The molecule has 49 heavy (non-hydrogen) atoms. The zero-order valence-electron chi connectivity index (χ0n) is 31.0. The number of rotatable bonds is 37. The van der Waals surface area contributed by atoms with Crippen molar-refractivity contribution in [2.45, 2.75) is 117 Å². The highest BCUT2D eigenvalue weighted by Gasteiger charge is 2.07. The van der Waals surface area contributed by atoms with Crippen LogP contribution in [0.15, 0.2) is 24.3 Å². The van der Waals surface area contributed by atoms with E-state index < -0.39 is 0 Å². The van der Waals surface area contributed by atoms with Crippen molar-refractivity contribution in [2.24, 2.45) is 0 Å². The largest absolute Gasteiger partial charge is 0.463 e. The summed E-state index contributed by atoms with van der Waals surface area (Å²) in [6.07, 6.45) is 19.5. The number of carbonyl (C=O) groups excluding carboxylic acids is 2. The van der Waals surface area contributed by atoms with Gasteiger partial charge in [-0.1, -0.05) is 97.3 Å². The first-order valence-electron chi connectivity index (χ1n) is 19.2. The molecule has 1 N–H and O–H groups in total. The van der Waals surface area contributed by atoms with Crippen LogP contribution in [0.5, 0.6) is 0 Å². The molecule has 0 atom stereocenters. The van der Waals surface area contributed by atoms with E-state index >= 15 is 0 Å². The molecule has 0 fully saturated rings. The van der Waals surface area contributed by atoms with Gasteiger partial charge in [-0.2, -0.15) is 0 Å². The Bertz CT molecular complexity index is 869. The van der Waals surface area contributed by atoms with Gasteiger partial charge in [-0.25, -0.2) is 4.79 Å². The summed E-state index contributed by atoms with van der Waals surface area (Å²) in [6, 6.07) is 7.30. The van der Waals surface area contributed by atoms with Crippen LogP contribution >= 0.6 is 0 Å². The van der Waals surface area contributed by atoms with Gasteiger partial charge in [-0.05, 0) is 37.1 Å². The molecule has 0 spiro atoms. The molecule has 0 saturated carbocycles. The van der Waals surface area contributed by atoms with E-state index in [9.17, 15) is 9.59 Å². The maximum Gasteiger partial charge on any atom is 0.338 e. The predicted molar refractivity (Wildman–Crippen MR) is 195 cm³/mol. The summed E-state index contributed by atoms with van der Waals surface area (Å²) in [6.45, 7) is 10.1. The number of anilines is 1. The number of hydrogen-bond acceptors (Lipinski definition) is 10. The molecule has 0 amide bonds. The molecule has 1 aromatic rings. The number of carbonyl (C=O) groups is 2. The lowest BCUT2D eigenvalue weighted by atomic mass is 10.0. The van der Waals surface area contributed by atoms with Crippen LogP contribution in [-0.2, 0) is 38.0 Å². The SMILES string of the molecule is CCCCCCCCCCCCCCCC(=O)OCCOCCOCCOCCOCCOCCOC(=O)c1ccc(NCCCC)cc1. The third kappa shape index (κ3) is 30.3. The van der Waals surface area contributed by atoms with Gasteiger partial charge in [0.15, 0.2) is 0 Å². The minimum absolute atomic E-state index is 0.136. The average Bonchev–Trinajstić information content (AvgIpc) is 3.11. The van der Waals surface area contributed by atoms with Crippen LogP contribution in [0.1, 0.15) is 127 Å². The van der Waals surface area contributed by atoms with E-state index in [-0.39, 0.29) is 25.2 Å². The molecule has 0 bridgehead atoms. The maximum absolute atomic E-state index is 12.1. The lowest BCUT2D eigenvalue weighted by Crippen LogP contribution is -2.15. The number of nitrogens with one attached hydrogen (secondary N) is 1. The summed E-state index contributed by atoms with van der Waals surface area (Å²) in [7, 11) is 0. The van der Waals surface area contributed by atoms with Gasteiger partial charge in [0, 0.05) is 18.7 Å². The second-order valence-electron chi connectivity index (χ2n) is 12.3. The Kier molecular flexibility index (Phi) is 32.5. The average molecular weight is 696 g/mol. The molecule has 0 heterocycles. The van der Waals surface area contributed by atoms with Crippen molar-refractivity contribution in [1.82, 2.24) is 0 Å². The Morgan fingerprint density at radius 3 is 1.31 bits per heavy atom. The summed E-state index contributed by atoms with van der Waals surface area (Å²) in [5.41, 5.74) is 1.52. The first-order chi connectivity index (χ1) is 24.2. The molecule has 0 aliphatic rings. The second kappa shape index (κ2) is 35.6. The zero-order chi connectivity index (χ0) is 35.3. The van der Waals surface area contributed by atoms with E-state index in [2.05, 4.69) is 19.2 Å². The van der Waals surface area contributed by atoms with Gasteiger partial charge in [-0.3, -0.25) is 4.79 Å². The minimum Gasteiger partial charge on any atom is -0.463 e. The standard InChI is InChI=1S/C39H69NO9/c1-3-5-7-8-9-10-11-12-13-14-15-16-17-18-38(41)48-34-32-46-30-28-44-26-24-43-25-27-45-29-31-47-33-35-49-39(42)36-19-21-37(22-20-36)40-23-6-4-2/h19-22,40H,3-18,23-35H2,1-2H3. The van der Waals surface area contributed by atoms with E-state index in [1.807, 2.05) is 12.1 Å². The van der Waals surface area contributed by atoms with Crippen LogP contribution in [0.4, 0.5) is 5.69 Å². The maximum atomic E-state index is 12.1. The first kappa shape index (κ1) is 44.8. The summed E-state index contributed by atoms with van der Waals surface area (Å²) in [4.78, 5) is 24.0. The smallest absolute Gasteiger partial charge is 0.338 e. The lowest BCUT2D eigenvalue weighted by Gasteiger charge is -2.09. The van der Waals surface area contributed by atoms with Gasteiger partial charge < -0.3 is 38.5 Å². The van der Waals surface area contributed by atoms with Gasteiger partial charge in [0.2, 0.25) is 0 Å². The van der Waals surface area contributed by atoms with Crippen molar-refractivity contribution in [2.75, 3.05) is 91.1 Å². The van der Waals surface area contributed by atoms with Gasteiger partial charge in [0.25, 0.3) is 0 Å². The van der Waals surface area contributed by atoms with Crippen molar-refractivity contribution in [1.29, 1.82) is 0 Å².